The average molecular weight is 296 g/mol. The van der Waals surface area contributed by atoms with Gasteiger partial charge in [0.1, 0.15) is 0 Å². The van der Waals surface area contributed by atoms with Gasteiger partial charge in [-0.1, -0.05) is 82.8 Å². The maximum absolute atomic E-state index is 10.3. The lowest BCUT2D eigenvalue weighted by molar-refractivity contribution is -0.137. The lowest BCUT2D eigenvalue weighted by Gasteiger charge is -2.02. The first-order valence-corrected chi connectivity index (χ1v) is 9.10. The molecule has 0 amide bonds. The van der Waals surface area contributed by atoms with Gasteiger partial charge in [-0.15, -0.1) is 0 Å². The Morgan fingerprint density at radius 3 is 1.48 bits per heavy atom. The molecule has 0 spiro atoms. The molecule has 0 aromatic rings. The summed E-state index contributed by atoms with van der Waals surface area (Å²) in [4.78, 5) is 10.3. The number of carbonyl (C=O) groups is 1. The molecular weight excluding hydrogens is 260 g/mol. The number of hydrogen-bond donors (Lipinski definition) is 1. The van der Waals surface area contributed by atoms with E-state index in [2.05, 4.69) is 19.1 Å². The van der Waals surface area contributed by atoms with Crippen molar-refractivity contribution in [1.82, 2.24) is 0 Å². The summed E-state index contributed by atoms with van der Waals surface area (Å²) in [6, 6.07) is 0. The fourth-order valence-electron chi connectivity index (χ4n) is 2.65. The van der Waals surface area contributed by atoms with Crippen LogP contribution < -0.4 is 0 Å². The summed E-state index contributed by atoms with van der Waals surface area (Å²) in [6.45, 7) is 2.09. The van der Waals surface area contributed by atoms with Crippen LogP contribution in [0.3, 0.4) is 0 Å². The molecule has 0 bridgehead atoms. The fourth-order valence-corrected chi connectivity index (χ4v) is 2.65. The Balaban J connectivity index is 2.98. The molecule has 0 rings (SSSR count). The zero-order valence-corrected chi connectivity index (χ0v) is 14.1. The molecule has 0 atom stereocenters. The Labute approximate surface area is 132 Å². The fraction of sp³-hybridized carbons (Fsp3) is 0.842. The second-order valence-electron chi connectivity index (χ2n) is 6.10. The highest BCUT2D eigenvalue weighted by atomic mass is 16.4. The maximum atomic E-state index is 10.3. The van der Waals surface area contributed by atoms with Crippen LogP contribution in [0.15, 0.2) is 12.2 Å². The monoisotopic (exact) mass is 296 g/mol. The number of carboxylic acid groups (broad SMARTS) is 1. The van der Waals surface area contributed by atoms with Crippen LogP contribution in [0.2, 0.25) is 0 Å². The smallest absolute Gasteiger partial charge is 0.303 e. The van der Waals surface area contributed by atoms with Crippen LogP contribution in [0.1, 0.15) is 103 Å². The summed E-state index contributed by atoms with van der Waals surface area (Å²) in [6.07, 6.45) is 22.9. The number of aliphatic carboxylic acids is 1. The molecule has 2 nitrogen and oxygen atoms in total. The van der Waals surface area contributed by atoms with Gasteiger partial charge in [0, 0.05) is 6.42 Å². The molecule has 21 heavy (non-hydrogen) atoms. The van der Waals surface area contributed by atoms with Crippen LogP contribution in [-0.4, -0.2) is 11.1 Å². The third-order valence-electron chi connectivity index (χ3n) is 4.00. The van der Waals surface area contributed by atoms with Crippen LogP contribution in [0.4, 0.5) is 0 Å². The average Bonchev–Trinajstić information content (AvgIpc) is 2.46. The van der Waals surface area contributed by atoms with E-state index in [-0.39, 0.29) is 0 Å². The number of unbranched alkanes of at least 4 members (excludes halogenated alkanes) is 13. The van der Waals surface area contributed by atoms with Gasteiger partial charge in [0.05, 0.1) is 0 Å². The topological polar surface area (TPSA) is 37.3 Å². The lowest BCUT2D eigenvalue weighted by atomic mass is 10.0. The highest BCUT2D eigenvalue weighted by Gasteiger charge is 1.97. The molecule has 0 aliphatic rings. The van der Waals surface area contributed by atoms with E-state index in [0.29, 0.717) is 6.42 Å². The highest BCUT2D eigenvalue weighted by Crippen LogP contribution is 2.13. The van der Waals surface area contributed by atoms with Gasteiger partial charge in [0.2, 0.25) is 0 Å². The van der Waals surface area contributed by atoms with E-state index < -0.39 is 5.97 Å². The van der Waals surface area contributed by atoms with E-state index in [1.54, 1.807) is 0 Å². The lowest BCUT2D eigenvalue weighted by Crippen LogP contribution is -1.93. The van der Waals surface area contributed by atoms with E-state index in [1.165, 1.54) is 77.0 Å². The van der Waals surface area contributed by atoms with Gasteiger partial charge >= 0.3 is 5.97 Å². The molecule has 2 heteroatoms. The quantitative estimate of drug-likeness (QED) is 0.261. The Bertz CT molecular complexity index is 246. The molecule has 0 fully saturated rings. The van der Waals surface area contributed by atoms with Crippen LogP contribution in [-0.2, 0) is 4.79 Å². The molecule has 0 unspecified atom stereocenters. The number of hydrogen-bond acceptors (Lipinski definition) is 1. The van der Waals surface area contributed by atoms with Crippen LogP contribution >= 0.6 is 0 Å². The van der Waals surface area contributed by atoms with Crippen LogP contribution in [0.5, 0.6) is 0 Å². The van der Waals surface area contributed by atoms with Crippen molar-refractivity contribution in [2.24, 2.45) is 0 Å². The van der Waals surface area contributed by atoms with Gasteiger partial charge in [-0.25, -0.2) is 0 Å². The number of rotatable bonds is 16. The van der Waals surface area contributed by atoms with E-state index >= 15 is 0 Å². The minimum absolute atomic E-state index is 0.342. The van der Waals surface area contributed by atoms with Crippen molar-refractivity contribution in [3.8, 4) is 0 Å². The number of carboxylic acids is 1. The Morgan fingerprint density at radius 1 is 0.714 bits per heavy atom. The van der Waals surface area contributed by atoms with Crippen molar-refractivity contribution in [3.05, 3.63) is 12.2 Å². The van der Waals surface area contributed by atoms with Crippen molar-refractivity contribution in [2.45, 2.75) is 103 Å². The Kier molecular flexibility index (Phi) is 16.6. The summed E-state index contributed by atoms with van der Waals surface area (Å²) in [5.74, 6) is -0.656. The second-order valence-corrected chi connectivity index (χ2v) is 6.10. The van der Waals surface area contributed by atoms with Gasteiger partial charge in [-0.05, 0) is 26.2 Å². The molecule has 0 saturated heterocycles. The van der Waals surface area contributed by atoms with Gasteiger partial charge < -0.3 is 5.11 Å². The zero-order chi connectivity index (χ0) is 15.6. The molecule has 124 valence electrons. The highest BCUT2D eigenvalue weighted by molar-refractivity contribution is 5.66. The SMILES string of the molecule is CC=CCCCCCCCCCCCCCCCC(=O)O. The van der Waals surface area contributed by atoms with Gasteiger partial charge in [0.25, 0.3) is 0 Å². The summed E-state index contributed by atoms with van der Waals surface area (Å²) < 4.78 is 0. The van der Waals surface area contributed by atoms with Crippen molar-refractivity contribution in [1.29, 1.82) is 0 Å². The van der Waals surface area contributed by atoms with Crippen molar-refractivity contribution in [3.63, 3.8) is 0 Å². The first-order chi connectivity index (χ1) is 10.3. The minimum Gasteiger partial charge on any atom is -0.481 e. The van der Waals surface area contributed by atoms with E-state index in [0.717, 1.165) is 12.8 Å². The van der Waals surface area contributed by atoms with E-state index in [4.69, 9.17) is 5.11 Å². The third-order valence-corrected chi connectivity index (χ3v) is 4.00. The molecule has 0 aliphatic carbocycles. The van der Waals surface area contributed by atoms with Crippen molar-refractivity contribution >= 4 is 5.97 Å². The molecule has 0 aromatic carbocycles. The number of allylic oxidation sites excluding steroid dienone is 2. The first-order valence-electron chi connectivity index (χ1n) is 9.10. The summed E-state index contributed by atoms with van der Waals surface area (Å²) in [7, 11) is 0. The Morgan fingerprint density at radius 2 is 1.10 bits per heavy atom. The van der Waals surface area contributed by atoms with Crippen molar-refractivity contribution < 1.29 is 9.90 Å². The molecule has 0 saturated carbocycles. The summed E-state index contributed by atoms with van der Waals surface area (Å²) in [5, 5.41) is 8.53. The molecule has 0 heterocycles. The maximum Gasteiger partial charge on any atom is 0.303 e. The largest absolute Gasteiger partial charge is 0.481 e. The molecular formula is C19H36O2. The third kappa shape index (κ3) is 19.2. The summed E-state index contributed by atoms with van der Waals surface area (Å²) >= 11 is 0. The van der Waals surface area contributed by atoms with E-state index in [1.807, 2.05) is 0 Å². The molecule has 0 aromatic heterocycles. The van der Waals surface area contributed by atoms with Gasteiger partial charge in [-0.2, -0.15) is 0 Å². The predicted molar refractivity (Wildman–Crippen MR) is 91.7 cm³/mol. The normalized spacial score (nSPS) is 11.3. The van der Waals surface area contributed by atoms with Gasteiger partial charge in [-0.3, -0.25) is 4.79 Å². The van der Waals surface area contributed by atoms with Gasteiger partial charge in [0.15, 0.2) is 0 Å². The standard InChI is InChI=1S/C19H36O2/c1-2-3-4-5-6-7-8-9-10-11-12-13-14-15-16-17-18-19(20)21/h2-3H,4-18H2,1H3,(H,20,21). The molecule has 0 radical (unpaired) electrons. The second kappa shape index (κ2) is 17.3. The first kappa shape index (κ1) is 20.2. The molecule has 0 aliphatic heterocycles. The predicted octanol–water partition coefficient (Wildman–Crippen LogP) is 6.50. The Hall–Kier alpha value is -0.790. The van der Waals surface area contributed by atoms with E-state index in [9.17, 15) is 4.79 Å². The summed E-state index contributed by atoms with van der Waals surface area (Å²) in [5.41, 5.74) is 0. The molecule has 1 N–H and O–H groups in total. The van der Waals surface area contributed by atoms with Crippen LogP contribution in [0, 0.1) is 0 Å². The van der Waals surface area contributed by atoms with Crippen molar-refractivity contribution in [2.75, 3.05) is 0 Å². The zero-order valence-electron chi connectivity index (χ0n) is 14.1. The minimum atomic E-state index is -0.656. The van der Waals surface area contributed by atoms with Crippen LogP contribution in [0.25, 0.3) is 0 Å².